The molecule has 1 aliphatic carbocycles. The van der Waals surface area contributed by atoms with Gasteiger partial charge in [0.25, 0.3) is 5.91 Å². The normalized spacial score (nSPS) is 15.7. The average molecular weight is 317 g/mol. The number of carbonyl (C=O) groups is 2. The molecule has 23 heavy (non-hydrogen) atoms. The van der Waals surface area contributed by atoms with E-state index in [-0.39, 0.29) is 23.4 Å². The third-order valence-electron chi connectivity index (χ3n) is 4.18. The monoisotopic (exact) mass is 317 g/mol. The Bertz CT molecular complexity index is 562. The highest BCUT2D eigenvalue weighted by atomic mass is 16.2. The van der Waals surface area contributed by atoms with Gasteiger partial charge in [0.2, 0.25) is 5.91 Å². The molecule has 1 unspecified atom stereocenters. The second kappa shape index (κ2) is 7.02. The van der Waals surface area contributed by atoms with E-state index in [1.807, 2.05) is 39.8 Å². The van der Waals surface area contributed by atoms with E-state index in [4.69, 9.17) is 0 Å². The molecule has 0 spiro atoms. The van der Waals surface area contributed by atoms with E-state index in [1.54, 1.807) is 12.1 Å². The van der Waals surface area contributed by atoms with Crippen LogP contribution in [0, 0.1) is 0 Å². The number of carbonyl (C=O) groups excluding carboxylic acids is 2. The Labute approximate surface area is 138 Å². The smallest absolute Gasteiger partial charge is 0.251 e. The molecule has 3 N–H and O–H groups in total. The molecule has 1 fully saturated rings. The number of nitrogens with one attached hydrogen (secondary N) is 3. The second-order valence-corrected chi connectivity index (χ2v) is 6.92. The van der Waals surface area contributed by atoms with Crippen LogP contribution < -0.4 is 16.0 Å². The minimum Gasteiger partial charge on any atom is -0.374 e. The number of hydrogen-bond donors (Lipinski definition) is 3. The quantitative estimate of drug-likeness (QED) is 0.724. The molecule has 126 valence electrons. The first-order chi connectivity index (χ1) is 10.8. The molecule has 1 saturated carbocycles. The van der Waals surface area contributed by atoms with Crippen LogP contribution in [0.15, 0.2) is 24.3 Å². The van der Waals surface area contributed by atoms with Gasteiger partial charge in [0.05, 0.1) is 0 Å². The van der Waals surface area contributed by atoms with Gasteiger partial charge in [-0.15, -0.1) is 0 Å². The van der Waals surface area contributed by atoms with Crippen LogP contribution in [0.1, 0.15) is 57.3 Å². The van der Waals surface area contributed by atoms with E-state index >= 15 is 0 Å². The number of amides is 2. The summed E-state index contributed by atoms with van der Waals surface area (Å²) in [5.41, 5.74) is 1.26. The average Bonchev–Trinajstić information content (AvgIpc) is 3.31. The van der Waals surface area contributed by atoms with Crippen molar-refractivity contribution >= 4 is 17.5 Å². The van der Waals surface area contributed by atoms with E-state index in [0.717, 1.165) is 24.9 Å². The lowest BCUT2D eigenvalue weighted by atomic mass is 10.0. The summed E-state index contributed by atoms with van der Waals surface area (Å²) < 4.78 is 0. The van der Waals surface area contributed by atoms with Crippen molar-refractivity contribution in [2.45, 2.75) is 64.6 Å². The molecule has 2 rings (SSSR count). The molecule has 1 aliphatic rings. The zero-order valence-electron chi connectivity index (χ0n) is 14.4. The van der Waals surface area contributed by atoms with Gasteiger partial charge in [-0.2, -0.15) is 0 Å². The van der Waals surface area contributed by atoms with E-state index < -0.39 is 0 Å². The first-order valence-corrected chi connectivity index (χ1v) is 8.30. The Morgan fingerprint density at radius 3 is 2.35 bits per heavy atom. The van der Waals surface area contributed by atoms with Crippen LogP contribution in [-0.4, -0.2) is 29.4 Å². The van der Waals surface area contributed by atoms with Crippen LogP contribution in [0.2, 0.25) is 0 Å². The molecule has 5 nitrogen and oxygen atoms in total. The minimum absolute atomic E-state index is 0.0328. The van der Waals surface area contributed by atoms with Crippen LogP contribution in [0.3, 0.4) is 0 Å². The Morgan fingerprint density at radius 2 is 1.83 bits per heavy atom. The molecule has 5 heteroatoms. The molecule has 0 aliphatic heterocycles. The molecular weight excluding hydrogens is 290 g/mol. The van der Waals surface area contributed by atoms with Crippen LogP contribution >= 0.6 is 0 Å². The summed E-state index contributed by atoms with van der Waals surface area (Å²) in [7, 11) is 0. The van der Waals surface area contributed by atoms with Gasteiger partial charge in [-0.1, -0.05) is 6.92 Å². The molecule has 0 heterocycles. The third-order valence-corrected chi connectivity index (χ3v) is 4.18. The summed E-state index contributed by atoms with van der Waals surface area (Å²) in [6.45, 7) is 7.88. The number of benzene rings is 1. The van der Waals surface area contributed by atoms with Gasteiger partial charge in [0, 0.05) is 22.8 Å². The SMILES string of the molecule is CCC(C)(C)NC(=O)C(C)Nc1ccc(C(=O)NC2CC2)cc1. The fourth-order valence-corrected chi connectivity index (χ4v) is 2.06. The van der Waals surface area contributed by atoms with Gasteiger partial charge >= 0.3 is 0 Å². The first-order valence-electron chi connectivity index (χ1n) is 8.30. The van der Waals surface area contributed by atoms with Crippen LogP contribution in [0.5, 0.6) is 0 Å². The van der Waals surface area contributed by atoms with E-state index in [1.165, 1.54) is 0 Å². The zero-order valence-corrected chi connectivity index (χ0v) is 14.4. The Kier molecular flexibility index (Phi) is 5.29. The van der Waals surface area contributed by atoms with E-state index in [2.05, 4.69) is 16.0 Å². The zero-order chi connectivity index (χ0) is 17.0. The molecule has 1 atom stereocenters. The summed E-state index contributed by atoms with van der Waals surface area (Å²) in [6.07, 6.45) is 3.02. The van der Waals surface area contributed by atoms with Crippen molar-refractivity contribution < 1.29 is 9.59 Å². The summed E-state index contributed by atoms with van der Waals surface area (Å²) in [5, 5.41) is 9.14. The molecular formula is C18H27N3O2. The molecule has 0 radical (unpaired) electrons. The van der Waals surface area contributed by atoms with Crippen molar-refractivity contribution in [2.75, 3.05) is 5.32 Å². The largest absolute Gasteiger partial charge is 0.374 e. The Morgan fingerprint density at radius 1 is 1.22 bits per heavy atom. The maximum atomic E-state index is 12.2. The first kappa shape index (κ1) is 17.3. The predicted octanol–water partition coefficient (Wildman–Crippen LogP) is 2.68. The fraction of sp³-hybridized carbons (Fsp3) is 0.556. The van der Waals surface area contributed by atoms with E-state index in [9.17, 15) is 9.59 Å². The highest BCUT2D eigenvalue weighted by molar-refractivity contribution is 5.95. The summed E-state index contributed by atoms with van der Waals surface area (Å²) in [6, 6.07) is 7.23. The molecule has 2 amide bonds. The number of hydrogen-bond acceptors (Lipinski definition) is 3. The lowest BCUT2D eigenvalue weighted by Crippen LogP contribution is -2.48. The van der Waals surface area contributed by atoms with Crippen LogP contribution in [0.25, 0.3) is 0 Å². The third kappa shape index (κ3) is 5.27. The highest BCUT2D eigenvalue weighted by Crippen LogP contribution is 2.20. The fourth-order valence-electron chi connectivity index (χ4n) is 2.06. The predicted molar refractivity (Wildman–Crippen MR) is 92.5 cm³/mol. The van der Waals surface area contributed by atoms with Crippen molar-refractivity contribution in [3.05, 3.63) is 29.8 Å². The van der Waals surface area contributed by atoms with Gasteiger partial charge in [-0.3, -0.25) is 9.59 Å². The molecule has 0 bridgehead atoms. The van der Waals surface area contributed by atoms with Crippen molar-refractivity contribution in [1.82, 2.24) is 10.6 Å². The van der Waals surface area contributed by atoms with Gasteiger partial charge in [0.15, 0.2) is 0 Å². The lowest BCUT2D eigenvalue weighted by Gasteiger charge is -2.27. The molecule has 1 aromatic carbocycles. The molecule has 0 saturated heterocycles. The van der Waals surface area contributed by atoms with Gasteiger partial charge in [-0.05, 0) is 64.3 Å². The Balaban J connectivity index is 1.89. The van der Waals surface area contributed by atoms with Crippen molar-refractivity contribution in [1.29, 1.82) is 0 Å². The van der Waals surface area contributed by atoms with Crippen molar-refractivity contribution in [3.8, 4) is 0 Å². The maximum Gasteiger partial charge on any atom is 0.251 e. The maximum absolute atomic E-state index is 12.2. The van der Waals surface area contributed by atoms with Crippen LogP contribution in [0.4, 0.5) is 5.69 Å². The van der Waals surface area contributed by atoms with E-state index in [0.29, 0.717) is 11.6 Å². The summed E-state index contributed by atoms with van der Waals surface area (Å²) in [4.78, 5) is 24.1. The molecule has 0 aromatic heterocycles. The van der Waals surface area contributed by atoms with Gasteiger partial charge in [0.1, 0.15) is 6.04 Å². The lowest BCUT2D eigenvalue weighted by molar-refractivity contribution is -0.123. The summed E-state index contributed by atoms with van der Waals surface area (Å²) in [5.74, 6) is -0.0676. The van der Waals surface area contributed by atoms with Crippen molar-refractivity contribution in [2.24, 2.45) is 0 Å². The van der Waals surface area contributed by atoms with Gasteiger partial charge < -0.3 is 16.0 Å². The molecule has 1 aromatic rings. The summed E-state index contributed by atoms with van der Waals surface area (Å²) >= 11 is 0. The van der Waals surface area contributed by atoms with Crippen molar-refractivity contribution in [3.63, 3.8) is 0 Å². The Hall–Kier alpha value is -2.04. The topological polar surface area (TPSA) is 70.2 Å². The van der Waals surface area contributed by atoms with Crippen LogP contribution in [-0.2, 0) is 4.79 Å². The second-order valence-electron chi connectivity index (χ2n) is 6.92. The highest BCUT2D eigenvalue weighted by Gasteiger charge is 2.24. The number of anilines is 1. The van der Waals surface area contributed by atoms with Gasteiger partial charge in [-0.25, -0.2) is 0 Å². The standard InChI is InChI=1S/C18H27N3O2/c1-5-18(3,4)21-16(22)12(2)19-14-8-6-13(7-9-14)17(23)20-15-10-11-15/h6-9,12,15,19H,5,10-11H2,1-4H3,(H,20,23)(H,21,22). The number of rotatable bonds is 7. The minimum atomic E-state index is -0.341.